The minimum Gasteiger partial charge on any atom is -0.497 e. The maximum absolute atomic E-state index is 12.1. The molecular weight excluding hydrogens is 292 g/mol. The molecule has 1 aromatic heterocycles. The van der Waals surface area contributed by atoms with Gasteiger partial charge in [-0.1, -0.05) is 25.5 Å². The summed E-state index contributed by atoms with van der Waals surface area (Å²) < 4.78 is 5.10. The smallest absolute Gasteiger partial charge is 0.271 e. The summed E-state index contributed by atoms with van der Waals surface area (Å²) in [5.74, 6) is 1.23. The lowest BCUT2D eigenvalue weighted by molar-refractivity contribution is 0.0945. The quantitative estimate of drug-likeness (QED) is 0.733. The Bertz CT molecular complexity index is 611. The second kappa shape index (κ2) is 8.73. The van der Waals surface area contributed by atoms with Gasteiger partial charge in [-0.25, -0.2) is 9.97 Å². The normalized spacial score (nSPS) is 10.2. The van der Waals surface area contributed by atoms with E-state index in [-0.39, 0.29) is 5.91 Å². The van der Waals surface area contributed by atoms with Gasteiger partial charge in [0.15, 0.2) is 0 Å². The molecule has 1 heterocycles. The van der Waals surface area contributed by atoms with Crippen LogP contribution in [-0.2, 0) is 6.54 Å². The molecule has 2 rings (SSSR count). The van der Waals surface area contributed by atoms with E-state index < -0.39 is 0 Å². The van der Waals surface area contributed by atoms with Gasteiger partial charge in [0.1, 0.15) is 17.3 Å². The first-order chi connectivity index (χ1) is 11.2. The molecule has 0 aliphatic rings. The number of ether oxygens (including phenoxy) is 1. The summed E-state index contributed by atoms with van der Waals surface area (Å²) in [5, 5.41) is 5.99. The molecule has 1 amide bonds. The van der Waals surface area contributed by atoms with Crippen LogP contribution in [0.25, 0.3) is 0 Å². The number of carbonyl (C=O) groups excluding carboxylic acids is 1. The largest absolute Gasteiger partial charge is 0.497 e. The van der Waals surface area contributed by atoms with Gasteiger partial charge in [0.25, 0.3) is 5.91 Å². The Balaban J connectivity index is 1.84. The van der Waals surface area contributed by atoms with Gasteiger partial charge >= 0.3 is 0 Å². The van der Waals surface area contributed by atoms with Gasteiger partial charge in [-0.3, -0.25) is 4.79 Å². The molecule has 0 fully saturated rings. The molecule has 0 aliphatic carbocycles. The summed E-state index contributed by atoms with van der Waals surface area (Å²) >= 11 is 0. The van der Waals surface area contributed by atoms with Gasteiger partial charge in [0.05, 0.1) is 19.5 Å². The van der Waals surface area contributed by atoms with Crippen LogP contribution in [0.3, 0.4) is 0 Å². The van der Waals surface area contributed by atoms with E-state index in [1.54, 1.807) is 13.3 Å². The molecule has 0 radical (unpaired) electrons. The number of aromatic nitrogens is 2. The van der Waals surface area contributed by atoms with Gasteiger partial charge in [0.2, 0.25) is 0 Å². The zero-order valence-corrected chi connectivity index (χ0v) is 13.5. The molecule has 122 valence electrons. The highest BCUT2D eigenvalue weighted by molar-refractivity contribution is 5.91. The molecule has 0 bridgehead atoms. The van der Waals surface area contributed by atoms with Crippen LogP contribution in [0.15, 0.2) is 36.7 Å². The van der Waals surface area contributed by atoms with Crippen molar-refractivity contribution in [3.63, 3.8) is 0 Å². The topological polar surface area (TPSA) is 76.1 Å². The molecular formula is C17H22N4O2. The van der Waals surface area contributed by atoms with Crippen LogP contribution < -0.4 is 15.4 Å². The maximum Gasteiger partial charge on any atom is 0.271 e. The van der Waals surface area contributed by atoms with Crippen LogP contribution >= 0.6 is 0 Å². The monoisotopic (exact) mass is 314 g/mol. The van der Waals surface area contributed by atoms with Crippen LogP contribution in [0.2, 0.25) is 0 Å². The number of nitrogens with zero attached hydrogens (tertiary/aromatic N) is 2. The van der Waals surface area contributed by atoms with E-state index in [9.17, 15) is 4.79 Å². The van der Waals surface area contributed by atoms with Crippen LogP contribution in [0.4, 0.5) is 5.82 Å². The molecule has 0 atom stereocenters. The minimum atomic E-state index is -0.242. The van der Waals surface area contributed by atoms with E-state index in [4.69, 9.17) is 4.74 Å². The average Bonchev–Trinajstić information content (AvgIpc) is 2.61. The number of nitrogens with one attached hydrogen (secondary N) is 2. The molecule has 0 unspecified atom stereocenters. The van der Waals surface area contributed by atoms with Crippen molar-refractivity contribution in [3.8, 4) is 5.75 Å². The lowest BCUT2D eigenvalue weighted by Crippen LogP contribution is -2.24. The van der Waals surface area contributed by atoms with Crippen molar-refractivity contribution < 1.29 is 9.53 Å². The minimum absolute atomic E-state index is 0.242. The first-order valence-corrected chi connectivity index (χ1v) is 7.70. The van der Waals surface area contributed by atoms with Crippen molar-refractivity contribution >= 4 is 11.7 Å². The highest BCUT2D eigenvalue weighted by atomic mass is 16.5. The van der Waals surface area contributed by atoms with Gasteiger partial charge in [-0.05, 0) is 24.1 Å². The summed E-state index contributed by atoms with van der Waals surface area (Å²) in [6.45, 7) is 3.42. The Morgan fingerprint density at radius 3 is 2.57 bits per heavy atom. The number of unbranched alkanes of at least 4 members (excludes halogenated alkanes) is 1. The van der Waals surface area contributed by atoms with Crippen LogP contribution in [0.1, 0.15) is 35.8 Å². The zero-order chi connectivity index (χ0) is 16.5. The fraction of sp³-hybridized carbons (Fsp3) is 0.353. The van der Waals surface area contributed by atoms with E-state index in [0.717, 1.165) is 30.7 Å². The van der Waals surface area contributed by atoms with Crippen molar-refractivity contribution in [3.05, 3.63) is 47.9 Å². The number of rotatable bonds is 8. The summed E-state index contributed by atoms with van der Waals surface area (Å²) in [7, 11) is 1.62. The third-order valence-corrected chi connectivity index (χ3v) is 3.33. The predicted molar refractivity (Wildman–Crippen MR) is 89.6 cm³/mol. The van der Waals surface area contributed by atoms with Crippen LogP contribution in [-0.4, -0.2) is 29.5 Å². The van der Waals surface area contributed by atoms with E-state index in [0.29, 0.717) is 18.1 Å². The number of amides is 1. The fourth-order valence-corrected chi connectivity index (χ4v) is 1.95. The number of anilines is 1. The van der Waals surface area contributed by atoms with E-state index in [1.165, 1.54) is 6.20 Å². The Morgan fingerprint density at radius 2 is 1.96 bits per heavy atom. The second-order valence-electron chi connectivity index (χ2n) is 5.10. The molecule has 0 spiro atoms. The van der Waals surface area contributed by atoms with Crippen molar-refractivity contribution in [2.24, 2.45) is 0 Å². The molecule has 0 aliphatic heterocycles. The predicted octanol–water partition coefficient (Wildman–Crippen LogP) is 2.63. The first kappa shape index (κ1) is 16.7. The lowest BCUT2D eigenvalue weighted by atomic mass is 10.2. The summed E-state index contributed by atoms with van der Waals surface area (Å²) in [6, 6.07) is 7.53. The maximum atomic E-state index is 12.1. The highest BCUT2D eigenvalue weighted by Crippen LogP contribution is 2.11. The average molecular weight is 314 g/mol. The van der Waals surface area contributed by atoms with Crippen LogP contribution in [0.5, 0.6) is 5.75 Å². The molecule has 2 aromatic rings. The molecule has 6 nitrogen and oxygen atoms in total. The van der Waals surface area contributed by atoms with Gasteiger partial charge in [0, 0.05) is 13.1 Å². The standard InChI is InChI=1S/C17H22N4O2/c1-3-4-9-18-16-12-19-15(11-20-16)17(22)21-10-13-5-7-14(23-2)8-6-13/h5-8,11-12H,3-4,9-10H2,1-2H3,(H,18,20)(H,21,22). The van der Waals surface area contributed by atoms with Crippen molar-refractivity contribution in [2.45, 2.75) is 26.3 Å². The van der Waals surface area contributed by atoms with Gasteiger partial charge in [-0.15, -0.1) is 0 Å². The van der Waals surface area contributed by atoms with Gasteiger partial charge in [-0.2, -0.15) is 0 Å². The second-order valence-corrected chi connectivity index (χ2v) is 5.10. The zero-order valence-electron chi connectivity index (χ0n) is 13.5. The Kier molecular flexibility index (Phi) is 6.35. The van der Waals surface area contributed by atoms with E-state index in [2.05, 4.69) is 27.5 Å². The summed E-state index contributed by atoms with van der Waals surface area (Å²) in [4.78, 5) is 20.4. The number of hydrogen-bond donors (Lipinski definition) is 2. The first-order valence-electron chi connectivity index (χ1n) is 7.70. The van der Waals surface area contributed by atoms with Crippen molar-refractivity contribution in [1.82, 2.24) is 15.3 Å². The number of benzene rings is 1. The van der Waals surface area contributed by atoms with E-state index >= 15 is 0 Å². The number of carbonyl (C=O) groups is 1. The number of hydrogen-bond acceptors (Lipinski definition) is 5. The Hall–Kier alpha value is -2.63. The third kappa shape index (κ3) is 5.25. The molecule has 23 heavy (non-hydrogen) atoms. The molecule has 1 aromatic carbocycles. The molecule has 2 N–H and O–H groups in total. The van der Waals surface area contributed by atoms with Gasteiger partial charge < -0.3 is 15.4 Å². The van der Waals surface area contributed by atoms with Crippen LogP contribution in [0, 0.1) is 0 Å². The van der Waals surface area contributed by atoms with Crippen molar-refractivity contribution in [1.29, 1.82) is 0 Å². The molecule has 0 saturated heterocycles. The van der Waals surface area contributed by atoms with Crippen molar-refractivity contribution in [2.75, 3.05) is 19.0 Å². The Morgan fingerprint density at radius 1 is 1.17 bits per heavy atom. The SMILES string of the molecule is CCCCNc1cnc(C(=O)NCc2ccc(OC)cc2)cn1. The highest BCUT2D eigenvalue weighted by Gasteiger charge is 2.07. The molecule has 0 saturated carbocycles. The molecule has 6 heteroatoms. The fourth-order valence-electron chi connectivity index (χ4n) is 1.95. The third-order valence-electron chi connectivity index (χ3n) is 3.33. The van der Waals surface area contributed by atoms with E-state index in [1.807, 2.05) is 24.3 Å². The summed E-state index contributed by atoms with van der Waals surface area (Å²) in [6.07, 6.45) is 5.26. The Labute approximate surface area is 136 Å². The lowest BCUT2D eigenvalue weighted by Gasteiger charge is -2.07. The number of methoxy groups -OCH3 is 1. The summed E-state index contributed by atoms with van der Waals surface area (Å²) in [5.41, 5.74) is 1.30.